The van der Waals surface area contributed by atoms with Crippen molar-refractivity contribution < 1.29 is 34.4 Å². The molecule has 1 aromatic carbocycles. The van der Waals surface area contributed by atoms with Crippen molar-refractivity contribution in [2.75, 3.05) is 33.9 Å². The first-order valence-electron chi connectivity index (χ1n) is 10.6. The number of β-amino-alcohol motifs (C(OH)–C–C–N with tert-alkyl or cyclic N) is 1. The molecule has 2 heterocycles. The topological polar surface area (TPSA) is 121 Å². The Balaban J connectivity index is 0.000000331. The second-order valence-electron chi connectivity index (χ2n) is 8.46. The van der Waals surface area contributed by atoms with E-state index in [1.807, 2.05) is 6.92 Å². The van der Waals surface area contributed by atoms with Crippen LogP contribution < -0.4 is 0 Å². The minimum Gasteiger partial charge on any atom is -0.478 e. The van der Waals surface area contributed by atoms with Gasteiger partial charge in [-0.1, -0.05) is 12.1 Å². The fourth-order valence-electron chi connectivity index (χ4n) is 4.45. The first-order valence-corrected chi connectivity index (χ1v) is 10.6. The molecule has 0 bridgehead atoms. The SMILES string of the molecule is COCCOCn1cc2c3c(cccc31)C1=C[C@](C)(O)CN(C)[C@@H]1C2.O=C(O)/C=C\C(=O)O. The molecule has 0 spiro atoms. The molecular formula is C24H30N2O7. The Bertz CT molecular complexity index is 1070. The Kier molecular flexibility index (Phi) is 7.70. The maximum absolute atomic E-state index is 10.6. The highest BCUT2D eigenvalue weighted by Crippen LogP contribution is 2.42. The lowest BCUT2D eigenvalue weighted by Gasteiger charge is -2.42. The Labute approximate surface area is 192 Å². The van der Waals surface area contributed by atoms with E-state index in [1.54, 1.807) is 7.11 Å². The molecule has 9 heteroatoms. The molecule has 1 aliphatic heterocycles. The predicted molar refractivity (Wildman–Crippen MR) is 123 cm³/mol. The Morgan fingerprint density at radius 3 is 2.55 bits per heavy atom. The summed E-state index contributed by atoms with van der Waals surface area (Å²) in [6.45, 7) is 4.27. The van der Waals surface area contributed by atoms with Gasteiger partial charge in [0, 0.05) is 43.4 Å². The van der Waals surface area contributed by atoms with Gasteiger partial charge in [-0.05, 0) is 49.2 Å². The van der Waals surface area contributed by atoms with E-state index >= 15 is 0 Å². The molecule has 2 atom stereocenters. The van der Waals surface area contributed by atoms with Crippen LogP contribution in [0, 0.1) is 0 Å². The quantitative estimate of drug-likeness (QED) is 0.425. The van der Waals surface area contributed by atoms with Gasteiger partial charge in [0.15, 0.2) is 0 Å². The molecule has 0 saturated heterocycles. The van der Waals surface area contributed by atoms with Crippen LogP contribution in [0.1, 0.15) is 18.1 Å². The highest BCUT2D eigenvalue weighted by Gasteiger charge is 2.37. The number of hydrogen-bond donors (Lipinski definition) is 3. The highest BCUT2D eigenvalue weighted by molar-refractivity contribution is 5.99. The number of nitrogens with zero attached hydrogens (tertiary/aromatic N) is 2. The number of carboxylic acid groups (broad SMARTS) is 2. The zero-order valence-electron chi connectivity index (χ0n) is 19.0. The molecule has 1 aliphatic carbocycles. The Morgan fingerprint density at radius 2 is 1.91 bits per heavy atom. The van der Waals surface area contributed by atoms with Crippen LogP contribution in [0.15, 0.2) is 42.6 Å². The second-order valence-corrected chi connectivity index (χ2v) is 8.46. The number of aliphatic carboxylic acids is 2. The van der Waals surface area contributed by atoms with Gasteiger partial charge in [0.25, 0.3) is 0 Å². The van der Waals surface area contributed by atoms with Gasteiger partial charge in [0.1, 0.15) is 6.73 Å². The summed E-state index contributed by atoms with van der Waals surface area (Å²) in [5, 5.41) is 27.5. The van der Waals surface area contributed by atoms with Crippen LogP contribution in [0.2, 0.25) is 0 Å². The van der Waals surface area contributed by atoms with Crippen molar-refractivity contribution in [1.29, 1.82) is 0 Å². The fraction of sp³-hybridized carbons (Fsp3) is 0.417. The fourth-order valence-corrected chi connectivity index (χ4v) is 4.45. The molecule has 33 heavy (non-hydrogen) atoms. The third kappa shape index (κ3) is 5.88. The number of methoxy groups -OCH3 is 1. The van der Waals surface area contributed by atoms with Gasteiger partial charge in [-0.25, -0.2) is 9.59 Å². The molecule has 4 rings (SSSR count). The van der Waals surface area contributed by atoms with E-state index < -0.39 is 17.5 Å². The number of carboxylic acids is 2. The maximum Gasteiger partial charge on any atom is 0.328 e. The summed E-state index contributed by atoms with van der Waals surface area (Å²) in [6, 6.07) is 6.74. The van der Waals surface area contributed by atoms with E-state index in [2.05, 4.69) is 47.0 Å². The summed E-state index contributed by atoms with van der Waals surface area (Å²) in [4.78, 5) is 21.4. The molecule has 0 saturated carbocycles. The zero-order chi connectivity index (χ0) is 24.2. The van der Waals surface area contributed by atoms with E-state index in [0.717, 1.165) is 6.42 Å². The first-order chi connectivity index (χ1) is 15.6. The van der Waals surface area contributed by atoms with Crippen LogP contribution in [0.25, 0.3) is 16.5 Å². The number of hydrogen-bond acceptors (Lipinski definition) is 6. The van der Waals surface area contributed by atoms with Gasteiger partial charge < -0.3 is 29.4 Å². The molecular weight excluding hydrogens is 428 g/mol. The van der Waals surface area contributed by atoms with E-state index in [9.17, 15) is 14.7 Å². The number of aliphatic hydroxyl groups is 1. The lowest BCUT2D eigenvalue weighted by atomic mass is 9.79. The summed E-state index contributed by atoms with van der Waals surface area (Å²) in [6.07, 6.45) is 6.36. The smallest absolute Gasteiger partial charge is 0.328 e. The maximum atomic E-state index is 10.6. The van der Waals surface area contributed by atoms with Crippen LogP contribution in [0.5, 0.6) is 0 Å². The average Bonchev–Trinajstić information content (AvgIpc) is 3.09. The van der Waals surface area contributed by atoms with Crippen molar-refractivity contribution >= 4 is 28.4 Å². The van der Waals surface area contributed by atoms with Gasteiger partial charge >= 0.3 is 11.9 Å². The Hall–Kier alpha value is -2.98. The first kappa shape index (κ1) is 24.7. The lowest BCUT2D eigenvalue weighted by Crippen LogP contribution is -2.49. The third-order valence-electron chi connectivity index (χ3n) is 5.67. The van der Waals surface area contributed by atoms with E-state index in [0.29, 0.717) is 44.7 Å². The average molecular weight is 459 g/mol. The number of aromatic nitrogens is 1. The number of likely N-dealkylation sites (N-methyl/N-ethyl adjacent to an activating group) is 1. The molecule has 9 nitrogen and oxygen atoms in total. The summed E-state index contributed by atoms with van der Waals surface area (Å²) in [7, 11) is 3.78. The minimum atomic E-state index is -1.26. The van der Waals surface area contributed by atoms with Gasteiger partial charge in [-0.2, -0.15) is 0 Å². The second kappa shape index (κ2) is 10.3. The van der Waals surface area contributed by atoms with Gasteiger partial charge in [0.05, 0.1) is 24.3 Å². The largest absolute Gasteiger partial charge is 0.478 e. The number of ether oxygens (including phenoxy) is 2. The predicted octanol–water partition coefficient (Wildman–Crippen LogP) is 1.98. The molecule has 178 valence electrons. The normalized spacial score (nSPS) is 21.9. The Morgan fingerprint density at radius 1 is 1.21 bits per heavy atom. The monoisotopic (exact) mass is 458 g/mol. The van der Waals surface area contributed by atoms with Crippen molar-refractivity contribution in [2.24, 2.45) is 0 Å². The molecule has 1 aromatic heterocycles. The zero-order valence-corrected chi connectivity index (χ0v) is 19.0. The molecule has 2 aliphatic rings. The summed E-state index contributed by atoms with van der Waals surface area (Å²) < 4.78 is 13.0. The number of benzene rings is 1. The van der Waals surface area contributed by atoms with Crippen molar-refractivity contribution in [1.82, 2.24) is 9.47 Å². The highest BCUT2D eigenvalue weighted by atomic mass is 16.5. The van der Waals surface area contributed by atoms with Crippen LogP contribution in [-0.4, -0.2) is 82.3 Å². The lowest BCUT2D eigenvalue weighted by molar-refractivity contribution is -0.134. The molecule has 0 radical (unpaired) electrons. The summed E-state index contributed by atoms with van der Waals surface area (Å²) in [5.74, 6) is -2.51. The molecule has 0 unspecified atom stereocenters. The van der Waals surface area contributed by atoms with Crippen LogP contribution >= 0.6 is 0 Å². The number of rotatable bonds is 7. The van der Waals surface area contributed by atoms with Crippen LogP contribution in [0.3, 0.4) is 0 Å². The standard InChI is InChI=1S/C20H26N2O3.C4H4O4/c1-20(23)10-16-15-5-4-6-17-19(15)14(9-18(16)21(2)12-20)11-22(17)13-25-8-7-24-3;5-3(6)1-2-4(7)8/h4-6,10-11,18,23H,7-9,12-13H2,1-3H3;1-2H,(H,5,6)(H,7,8)/b;2-1-/t18-,20+;/m1./s1. The summed E-state index contributed by atoms with van der Waals surface area (Å²) in [5.41, 5.74) is 4.25. The van der Waals surface area contributed by atoms with E-state index in [1.165, 1.54) is 27.6 Å². The van der Waals surface area contributed by atoms with E-state index in [-0.39, 0.29) is 0 Å². The van der Waals surface area contributed by atoms with Gasteiger partial charge in [-0.3, -0.25) is 4.90 Å². The molecule has 3 N–H and O–H groups in total. The van der Waals surface area contributed by atoms with Crippen molar-refractivity contribution in [2.45, 2.75) is 31.7 Å². The van der Waals surface area contributed by atoms with Crippen LogP contribution in [-0.2, 0) is 32.2 Å². The van der Waals surface area contributed by atoms with E-state index in [4.69, 9.17) is 19.7 Å². The van der Waals surface area contributed by atoms with Crippen molar-refractivity contribution in [3.05, 3.63) is 53.8 Å². The third-order valence-corrected chi connectivity index (χ3v) is 5.67. The number of carbonyl (C=O) groups is 2. The van der Waals surface area contributed by atoms with Crippen molar-refractivity contribution in [3.63, 3.8) is 0 Å². The number of fused-ring (bicyclic) bond motifs is 2. The molecule has 2 aromatic rings. The van der Waals surface area contributed by atoms with Gasteiger partial charge in [0.2, 0.25) is 0 Å². The van der Waals surface area contributed by atoms with Crippen molar-refractivity contribution in [3.8, 4) is 0 Å². The molecule has 0 fully saturated rings. The minimum absolute atomic E-state index is 0.323. The van der Waals surface area contributed by atoms with Gasteiger partial charge in [-0.15, -0.1) is 0 Å². The van der Waals surface area contributed by atoms with Crippen LogP contribution in [0.4, 0.5) is 0 Å². The summed E-state index contributed by atoms with van der Waals surface area (Å²) >= 11 is 0. The molecule has 0 amide bonds.